The second kappa shape index (κ2) is 10.6. The molecule has 0 radical (unpaired) electrons. The number of imide groups is 2. The van der Waals surface area contributed by atoms with Crippen LogP contribution in [-0.4, -0.2) is 39.2 Å². The summed E-state index contributed by atoms with van der Waals surface area (Å²) in [5.41, 5.74) is 0.668. The Hall–Kier alpha value is -4.75. The number of fused-ring (bicyclic) bond motifs is 5. The van der Waals surface area contributed by atoms with Crippen molar-refractivity contribution >= 4 is 51.7 Å². The molecule has 4 aromatic carbocycles. The van der Waals surface area contributed by atoms with E-state index >= 15 is 4.79 Å². The fourth-order valence-electron chi connectivity index (χ4n) is 9.31. The molecule has 8 rings (SSSR count). The van der Waals surface area contributed by atoms with Gasteiger partial charge in [0.1, 0.15) is 5.75 Å². The number of halogens is 1. The van der Waals surface area contributed by atoms with Crippen molar-refractivity contribution in [2.24, 2.45) is 23.7 Å². The van der Waals surface area contributed by atoms with E-state index in [9.17, 15) is 19.5 Å². The van der Waals surface area contributed by atoms with Crippen molar-refractivity contribution in [2.75, 3.05) is 4.90 Å². The molecule has 4 aliphatic rings. The minimum Gasteiger partial charge on any atom is -0.507 e. The first-order chi connectivity index (χ1) is 23.0. The van der Waals surface area contributed by atoms with Gasteiger partial charge in [-0.25, -0.2) is 4.90 Å². The van der Waals surface area contributed by atoms with Gasteiger partial charge in [-0.05, 0) is 80.3 Å². The number of phenols is 1. The molecule has 7 nitrogen and oxygen atoms in total. The number of nitrogens with zero attached hydrogens (tertiary/aromatic N) is 2. The van der Waals surface area contributed by atoms with Crippen LogP contribution in [0.4, 0.5) is 5.69 Å². The Labute approximate surface area is 283 Å². The summed E-state index contributed by atoms with van der Waals surface area (Å²) < 4.78 is 0. The van der Waals surface area contributed by atoms with Crippen LogP contribution in [0.2, 0.25) is 5.02 Å². The molecule has 1 saturated carbocycles. The number of hydrogen-bond acceptors (Lipinski definition) is 5. The molecule has 6 atom stereocenters. The maximum atomic E-state index is 15.4. The normalized spacial score (nSPS) is 28.4. The molecule has 2 aliphatic heterocycles. The van der Waals surface area contributed by atoms with Crippen LogP contribution in [0.3, 0.4) is 0 Å². The first-order valence-corrected chi connectivity index (χ1v) is 16.8. The van der Waals surface area contributed by atoms with Crippen LogP contribution in [0.25, 0.3) is 10.8 Å². The molecule has 2 saturated heterocycles. The lowest BCUT2D eigenvalue weighted by Crippen LogP contribution is -2.53. The van der Waals surface area contributed by atoms with E-state index in [1.165, 1.54) is 9.80 Å². The van der Waals surface area contributed by atoms with Gasteiger partial charge in [0.2, 0.25) is 23.6 Å². The quantitative estimate of drug-likeness (QED) is 0.186. The standard InChI is InChI=1S/C40H35ClN2O5/c1-39(2,3)43-35(45)29-17-16-28-30(33(29)37(43)47)21-31-36(46)42(24-13-9-12-23(41)20-24)38(48)40(31,22-10-5-4-6-11-22)34(28)27-18-19-32(44)26-15-8-7-14-25(26)27/h4-16,18-20,29-31,33-34,44H,17,21H2,1-3H3. The molecule has 6 unspecified atom stereocenters. The number of likely N-dealkylation sites (tertiary alicyclic amines) is 1. The Morgan fingerprint density at radius 3 is 2.21 bits per heavy atom. The van der Waals surface area contributed by atoms with Crippen molar-refractivity contribution < 1.29 is 24.3 Å². The Bertz CT molecular complexity index is 2080. The molecule has 8 heteroatoms. The highest BCUT2D eigenvalue weighted by atomic mass is 35.5. The van der Waals surface area contributed by atoms with Crippen LogP contribution in [0.5, 0.6) is 5.75 Å². The second-order valence-electron chi connectivity index (χ2n) is 14.5. The van der Waals surface area contributed by atoms with E-state index < -0.39 is 40.5 Å². The monoisotopic (exact) mass is 658 g/mol. The van der Waals surface area contributed by atoms with Gasteiger partial charge in [-0.1, -0.05) is 90.0 Å². The SMILES string of the molecule is CC(C)(C)N1C(=O)C2CC=C3C(CC4C(=O)N(c5cccc(Cl)c5)C(=O)C4(c4ccccc4)C3c3ccc(O)c4ccccc34)C2C1=O. The molecule has 3 fully saturated rings. The molecular formula is C40H35ClN2O5. The topological polar surface area (TPSA) is 95.0 Å². The smallest absolute Gasteiger partial charge is 0.246 e. The highest BCUT2D eigenvalue weighted by Crippen LogP contribution is 2.65. The van der Waals surface area contributed by atoms with Crippen LogP contribution < -0.4 is 4.90 Å². The maximum absolute atomic E-state index is 15.4. The zero-order valence-corrected chi connectivity index (χ0v) is 27.6. The fourth-order valence-corrected chi connectivity index (χ4v) is 9.49. The number of rotatable bonds is 3. The number of amides is 4. The average molecular weight is 659 g/mol. The molecule has 2 heterocycles. The summed E-state index contributed by atoms with van der Waals surface area (Å²) in [6.45, 7) is 5.59. The fraction of sp³-hybridized carbons (Fsp3) is 0.300. The number of hydrogen-bond donors (Lipinski definition) is 1. The molecule has 0 spiro atoms. The van der Waals surface area contributed by atoms with Crippen molar-refractivity contribution in [3.05, 3.63) is 119 Å². The van der Waals surface area contributed by atoms with Gasteiger partial charge < -0.3 is 5.11 Å². The predicted molar refractivity (Wildman–Crippen MR) is 183 cm³/mol. The summed E-state index contributed by atoms with van der Waals surface area (Å²) in [5.74, 6) is -4.20. The lowest BCUT2D eigenvalue weighted by atomic mass is 9.49. The van der Waals surface area contributed by atoms with Crippen LogP contribution in [0.15, 0.2) is 103 Å². The van der Waals surface area contributed by atoms with Crippen molar-refractivity contribution in [3.63, 3.8) is 0 Å². The zero-order chi connectivity index (χ0) is 33.7. The molecule has 4 aromatic rings. The summed E-state index contributed by atoms with van der Waals surface area (Å²) in [6, 6.07) is 27.2. The van der Waals surface area contributed by atoms with Crippen LogP contribution in [0, 0.1) is 23.7 Å². The lowest BCUT2D eigenvalue weighted by Gasteiger charge is -2.51. The second-order valence-corrected chi connectivity index (χ2v) is 14.9. The molecular weight excluding hydrogens is 624 g/mol. The van der Waals surface area contributed by atoms with Crippen LogP contribution in [-0.2, 0) is 24.6 Å². The minimum absolute atomic E-state index is 0.108. The van der Waals surface area contributed by atoms with Crippen LogP contribution >= 0.6 is 11.6 Å². The van der Waals surface area contributed by atoms with E-state index in [-0.39, 0.29) is 35.8 Å². The van der Waals surface area contributed by atoms with Gasteiger partial charge >= 0.3 is 0 Å². The first kappa shape index (κ1) is 30.6. The summed E-state index contributed by atoms with van der Waals surface area (Å²) in [7, 11) is 0. The van der Waals surface area contributed by atoms with E-state index in [0.29, 0.717) is 28.1 Å². The third-order valence-corrected chi connectivity index (χ3v) is 11.3. The van der Waals surface area contributed by atoms with E-state index in [1.54, 1.807) is 30.3 Å². The summed E-state index contributed by atoms with van der Waals surface area (Å²) in [4.78, 5) is 61.2. The largest absolute Gasteiger partial charge is 0.507 e. The Morgan fingerprint density at radius 1 is 0.792 bits per heavy atom. The first-order valence-electron chi connectivity index (χ1n) is 16.4. The molecule has 48 heavy (non-hydrogen) atoms. The number of allylic oxidation sites excluding steroid dienone is 2. The minimum atomic E-state index is -1.38. The summed E-state index contributed by atoms with van der Waals surface area (Å²) in [6.07, 6.45) is 2.65. The Balaban J connectivity index is 1.43. The average Bonchev–Trinajstić information content (AvgIpc) is 3.46. The summed E-state index contributed by atoms with van der Waals surface area (Å²) >= 11 is 6.41. The van der Waals surface area contributed by atoms with Gasteiger partial charge in [0.15, 0.2) is 0 Å². The summed E-state index contributed by atoms with van der Waals surface area (Å²) in [5, 5.41) is 12.7. The number of anilines is 1. The third kappa shape index (κ3) is 4.06. The number of carbonyl (C=O) groups is 4. The number of phenolic OH excluding ortho intramolecular Hbond substituents is 1. The molecule has 242 valence electrons. The van der Waals surface area contributed by atoms with Gasteiger partial charge in [0, 0.05) is 21.9 Å². The van der Waals surface area contributed by atoms with Crippen molar-refractivity contribution in [3.8, 4) is 5.75 Å². The highest BCUT2D eigenvalue weighted by Gasteiger charge is 2.70. The highest BCUT2D eigenvalue weighted by molar-refractivity contribution is 6.32. The Kier molecular flexibility index (Phi) is 6.77. The van der Waals surface area contributed by atoms with Gasteiger partial charge in [-0.15, -0.1) is 0 Å². The zero-order valence-electron chi connectivity index (χ0n) is 26.9. The van der Waals surface area contributed by atoms with Gasteiger partial charge in [-0.3, -0.25) is 24.1 Å². The number of benzene rings is 4. The molecule has 2 aliphatic carbocycles. The molecule has 0 bridgehead atoms. The van der Waals surface area contributed by atoms with Crippen molar-refractivity contribution in [2.45, 2.75) is 50.5 Å². The van der Waals surface area contributed by atoms with Crippen molar-refractivity contribution in [1.82, 2.24) is 4.90 Å². The third-order valence-electron chi connectivity index (χ3n) is 11.1. The lowest BCUT2D eigenvalue weighted by molar-refractivity contribution is -0.145. The number of carbonyl (C=O) groups excluding carboxylic acids is 4. The van der Waals surface area contributed by atoms with Crippen molar-refractivity contribution in [1.29, 1.82) is 0 Å². The number of aromatic hydroxyl groups is 1. The van der Waals surface area contributed by atoms with Gasteiger partial charge in [-0.2, -0.15) is 0 Å². The van der Waals surface area contributed by atoms with Gasteiger partial charge in [0.05, 0.1) is 28.9 Å². The van der Waals surface area contributed by atoms with E-state index in [4.69, 9.17) is 11.6 Å². The van der Waals surface area contributed by atoms with Crippen LogP contribution in [0.1, 0.15) is 50.7 Å². The predicted octanol–water partition coefficient (Wildman–Crippen LogP) is 7.16. The Morgan fingerprint density at radius 2 is 1.50 bits per heavy atom. The van der Waals surface area contributed by atoms with E-state index in [0.717, 1.165) is 16.5 Å². The van der Waals surface area contributed by atoms with Gasteiger partial charge in [0.25, 0.3) is 0 Å². The molecule has 1 N–H and O–H groups in total. The maximum Gasteiger partial charge on any atom is 0.246 e. The molecule has 0 aromatic heterocycles. The van der Waals surface area contributed by atoms with E-state index in [1.807, 2.05) is 81.4 Å². The molecule has 4 amide bonds. The van der Waals surface area contributed by atoms with E-state index in [2.05, 4.69) is 6.08 Å².